The van der Waals surface area contributed by atoms with Gasteiger partial charge in [-0.05, 0) is 50.4 Å². The lowest BCUT2D eigenvalue weighted by molar-refractivity contribution is 0.138. The minimum Gasteiger partial charge on any atom is -0.487 e. The quantitative estimate of drug-likeness (QED) is 0.903. The highest BCUT2D eigenvalue weighted by molar-refractivity contribution is 5.41. The van der Waals surface area contributed by atoms with E-state index in [0.717, 1.165) is 57.3 Å². The van der Waals surface area contributed by atoms with Crippen LogP contribution in [0.3, 0.4) is 0 Å². The number of benzene rings is 1. The first-order valence-corrected chi connectivity index (χ1v) is 10.2. The van der Waals surface area contributed by atoms with Crippen molar-refractivity contribution in [2.75, 3.05) is 19.6 Å². The largest absolute Gasteiger partial charge is 0.487 e. The third kappa shape index (κ3) is 3.36. The molecule has 0 aliphatic carbocycles. The van der Waals surface area contributed by atoms with E-state index < -0.39 is 0 Å². The van der Waals surface area contributed by atoms with Gasteiger partial charge < -0.3 is 14.6 Å². The average molecular weight is 367 g/mol. The molecule has 1 aromatic heterocycles. The van der Waals surface area contributed by atoms with Crippen molar-refractivity contribution in [1.29, 1.82) is 0 Å². The van der Waals surface area contributed by atoms with Crippen LogP contribution in [0.2, 0.25) is 0 Å². The van der Waals surface area contributed by atoms with Crippen LogP contribution >= 0.6 is 0 Å². The summed E-state index contributed by atoms with van der Waals surface area (Å²) >= 11 is 0. The van der Waals surface area contributed by atoms with E-state index in [-0.39, 0.29) is 5.60 Å². The van der Waals surface area contributed by atoms with Crippen molar-refractivity contribution in [2.45, 2.75) is 64.3 Å². The van der Waals surface area contributed by atoms with Gasteiger partial charge >= 0.3 is 0 Å². The lowest BCUT2D eigenvalue weighted by Gasteiger charge is -2.33. The van der Waals surface area contributed by atoms with Crippen LogP contribution in [-0.4, -0.2) is 44.9 Å². The van der Waals surface area contributed by atoms with E-state index in [2.05, 4.69) is 57.0 Å². The Morgan fingerprint density at radius 1 is 1.26 bits per heavy atom. The number of hydrogen-bond acceptors (Lipinski definition) is 5. The minimum atomic E-state index is -0.0706. The van der Waals surface area contributed by atoms with Crippen LogP contribution < -0.4 is 10.1 Å². The molecule has 1 aromatic carbocycles. The molecule has 0 radical (unpaired) electrons. The van der Waals surface area contributed by atoms with E-state index in [4.69, 9.17) is 4.74 Å². The number of ether oxygens (including phenoxy) is 1. The Labute approximate surface area is 160 Å². The maximum Gasteiger partial charge on any atom is 0.147 e. The van der Waals surface area contributed by atoms with Crippen molar-refractivity contribution < 1.29 is 4.74 Å². The van der Waals surface area contributed by atoms with Gasteiger partial charge in [-0.25, -0.2) is 0 Å². The molecule has 5 rings (SSSR count). The Hall–Kier alpha value is -1.92. The Bertz CT molecular complexity index is 843. The normalized spacial score (nSPS) is 24.3. The van der Waals surface area contributed by atoms with E-state index in [9.17, 15) is 0 Å². The first kappa shape index (κ1) is 17.2. The molecular formula is C21H29N5O. The number of nitrogens with one attached hydrogen (secondary N) is 1. The molecule has 1 N–H and O–H groups in total. The summed E-state index contributed by atoms with van der Waals surface area (Å²) in [5, 5.41) is 12.3. The van der Waals surface area contributed by atoms with Gasteiger partial charge in [0.1, 0.15) is 23.0 Å². The molecule has 2 aromatic rings. The molecule has 0 saturated carbocycles. The monoisotopic (exact) mass is 367 g/mol. The number of nitrogens with zero attached hydrogens (tertiary/aromatic N) is 4. The van der Waals surface area contributed by atoms with E-state index in [1.54, 1.807) is 0 Å². The third-order valence-electron chi connectivity index (χ3n) is 6.06. The minimum absolute atomic E-state index is 0.0706. The van der Waals surface area contributed by atoms with Crippen molar-refractivity contribution in [3.05, 3.63) is 41.0 Å². The standard InChI is InChI=1S/C21H29N5O/c1-21(2)11-17-10-15(5-6-18(17)27-21)13-25-8-3-4-16(14-25)20-24-23-19-12-22-7-9-26(19)20/h5-6,10,16,22H,3-4,7-9,11-14H2,1-2H3/t16-/m1/s1. The van der Waals surface area contributed by atoms with Crippen molar-refractivity contribution in [1.82, 2.24) is 25.0 Å². The lowest BCUT2D eigenvalue weighted by atomic mass is 9.96. The predicted octanol–water partition coefficient (Wildman–Crippen LogP) is 2.47. The number of piperidine rings is 1. The average Bonchev–Trinajstić information content (AvgIpc) is 3.21. The Morgan fingerprint density at radius 3 is 3.11 bits per heavy atom. The molecule has 3 aliphatic rings. The highest BCUT2D eigenvalue weighted by Gasteiger charge is 2.31. The number of hydrogen-bond donors (Lipinski definition) is 1. The van der Waals surface area contributed by atoms with Gasteiger partial charge in [-0.3, -0.25) is 4.90 Å². The predicted molar refractivity (Wildman–Crippen MR) is 104 cm³/mol. The summed E-state index contributed by atoms with van der Waals surface area (Å²) in [4.78, 5) is 2.58. The van der Waals surface area contributed by atoms with Gasteiger partial charge in [0.25, 0.3) is 0 Å². The fourth-order valence-electron chi connectivity index (χ4n) is 4.85. The van der Waals surface area contributed by atoms with E-state index in [1.165, 1.54) is 29.8 Å². The van der Waals surface area contributed by atoms with Gasteiger partial charge in [0.05, 0.1) is 6.54 Å². The van der Waals surface area contributed by atoms with Crippen LogP contribution in [0, 0.1) is 0 Å². The van der Waals surface area contributed by atoms with Crippen LogP contribution in [0.5, 0.6) is 5.75 Å². The summed E-state index contributed by atoms with van der Waals surface area (Å²) in [6.07, 6.45) is 3.44. The molecule has 4 heterocycles. The van der Waals surface area contributed by atoms with Gasteiger partial charge in [-0.15, -0.1) is 10.2 Å². The zero-order valence-electron chi connectivity index (χ0n) is 16.4. The Balaban J connectivity index is 1.29. The van der Waals surface area contributed by atoms with E-state index in [1.807, 2.05) is 0 Å². The van der Waals surface area contributed by atoms with Crippen LogP contribution in [0.15, 0.2) is 18.2 Å². The molecule has 27 heavy (non-hydrogen) atoms. The van der Waals surface area contributed by atoms with E-state index >= 15 is 0 Å². The van der Waals surface area contributed by atoms with Crippen LogP contribution in [0.1, 0.15) is 55.4 Å². The fourth-order valence-corrected chi connectivity index (χ4v) is 4.85. The summed E-state index contributed by atoms with van der Waals surface area (Å²) < 4.78 is 8.37. The fraction of sp³-hybridized carbons (Fsp3) is 0.619. The van der Waals surface area contributed by atoms with Crippen molar-refractivity contribution in [2.24, 2.45) is 0 Å². The third-order valence-corrected chi connectivity index (χ3v) is 6.06. The highest BCUT2D eigenvalue weighted by Crippen LogP contribution is 2.36. The molecule has 6 heteroatoms. The summed E-state index contributed by atoms with van der Waals surface area (Å²) in [6.45, 7) is 10.4. The van der Waals surface area contributed by atoms with Crippen LogP contribution in [-0.2, 0) is 26.1 Å². The zero-order valence-corrected chi connectivity index (χ0v) is 16.4. The van der Waals surface area contributed by atoms with Gasteiger partial charge in [0, 0.05) is 38.5 Å². The summed E-state index contributed by atoms with van der Waals surface area (Å²) in [5.74, 6) is 3.84. The number of aromatic nitrogens is 3. The molecular weight excluding hydrogens is 338 g/mol. The van der Waals surface area contributed by atoms with Crippen LogP contribution in [0.4, 0.5) is 0 Å². The molecule has 1 saturated heterocycles. The number of fused-ring (bicyclic) bond motifs is 2. The Kier molecular flexibility index (Phi) is 4.20. The smallest absolute Gasteiger partial charge is 0.147 e. The van der Waals surface area contributed by atoms with E-state index in [0.29, 0.717) is 5.92 Å². The molecule has 0 amide bonds. The maximum atomic E-state index is 6.02. The number of rotatable bonds is 3. The van der Waals surface area contributed by atoms with Gasteiger partial charge in [-0.1, -0.05) is 12.1 Å². The summed E-state index contributed by atoms with van der Waals surface area (Å²) in [7, 11) is 0. The number of likely N-dealkylation sites (tertiary alicyclic amines) is 1. The molecule has 6 nitrogen and oxygen atoms in total. The highest BCUT2D eigenvalue weighted by atomic mass is 16.5. The second kappa shape index (κ2) is 6.60. The first-order chi connectivity index (χ1) is 13.1. The molecule has 0 unspecified atom stereocenters. The lowest BCUT2D eigenvalue weighted by Crippen LogP contribution is -2.36. The SMILES string of the molecule is CC1(C)Cc2cc(CN3CCC[C@@H](c4nnc5n4CCNC5)C3)ccc2O1. The van der Waals surface area contributed by atoms with Crippen molar-refractivity contribution >= 4 is 0 Å². The van der Waals surface area contributed by atoms with Gasteiger partial charge in [-0.2, -0.15) is 0 Å². The molecule has 1 atom stereocenters. The molecule has 3 aliphatic heterocycles. The molecule has 0 bridgehead atoms. The molecule has 0 spiro atoms. The summed E-state index contributed by atoms with van der Waals surface area (Å²) in [6, 6.07) is 6.73. The first-order valence-electron chi connectivity index (χ1n) is 10.2. The van der Waals surface area contributed by atoms with Crippen molar-refractivity contribution in [3.8, 4) is 5.75 Å². The molecule has 1 fully saturated rings. The Morgan fingerprint density at radius 2 is 2.19 bits per heavy atom. The zero-order chi connectivity index (χ0) is 18.4. The topological polar surface area (TPSA) is 55.2 Å². The summed E-state index contributed by atoms with van der Waals surface area (Å²) in [5.41, 5.74) is 2.67. The van der Waals surface area contributed by atoms with Crippen LogP contribution in [0.25, 0.3) is 0 Å². The second-order valence-electron chi connectivity index (χ2n) is 8.86. The van der Waals surface area contributed by atoms with Crippen molar-refractivity contribution in [3.63, 3.8) is 0 Å². The maximum absolute atomic E-state index is 6.02. The van der Waals surface area contributed by atoms with Gasteiger partial charge in [0.15, 0.2) is 0 Å². The van der Waals surface area contributed by atoms with Gasteiger partial charge in [0.2, 0.25) is 0 Å². The molecule has 144 valence electrons. The second-order valence-corrected chi connectivity index (χ2v) is 8.86.